The molecule has 8 nitrogen and oxygen atoms in total. The van der Waals surface area contributed by atoms with Crippen LogP contribution in [0.5, 0.6) is 0 Å². The van der Waals surface area contributed by atoms with Gasteiger partial charge >= 0.3 is 12.1 Å². The zero-order valence-electron chi connectivity index (χ0n) is 10.7. The fourth-order valence-electron chi connectivity index (χ4n) is 1.56. The summed E-state index contributed by atoms with van der Waals surface area (Å²) in [5.41, 5.74) is 0.301. The van der Waals surface area contributed by atoms with Gasteiger partial charge in [-0.05, 0) is 12.1 Å². The Morgan fingerprint density at radius 2 is 1.86 bits per heavy atom. The van der Waals surface area contributed by atoms with Crippen molar-refractivity contribution < 1.29 is 33.4 Å². The number of hydrogen-bond donors (Lipinski definition) is 1. The normalized spacial score (nSPS) is 17.0. The second kappa shape index (κ2) is 6.51. The van der Waals surface area contributed by atoms with E-state index in [0.717, 1.165) is 0 Å². The van der Waals surface area contributed by atoms with Crippen LogP contribution in [0.2, 0.25) is 0 Å². The number of rotatable bonds is 4. The fourth-order valence-corrected chi connectivity index (χ4v) is 1.56. The number of ether oxygens (including phenoxy) is 3. The summed E-state index contributed by atoms with van der Waals surface area (Å²) in [6.07, 6.45) is -2.67. The summed E-state index contributed by atoms with van der Waals surface area (Å²) in [4.78, 5) is 44.8. The molecule has 21 heavy (non-hydrogen) atoms. The van der Waals surface area contributed by atoms with E-state index in [9.17, 15) is 19.2 Å². The number of carbonyl (C=O) groups excluding carboxylic acids is 4. The summed E-state index contributed by atoms with van der Waals surface area (Å²) in [6, 6.07) is 8.12. The standard InChI is InChI=1S/C13H11NO7/c15-10-6-9(11(16)14-10)21-13(18)20-7-19-12(17)8-4-2-1-3-5-8/h1-5,9H,6-7H2,(H,14,15,16). The predicted octanol–water partition coefficient (Wildman–Crippen LogP) is 0.369. The van der Waals surface area contributed by atoms with Crippen molar-refractivity contribution in [2.75, 3.05) is 6.79 Å². The first-order valence-electron chi connectivity index (χ1n) is 5.95. The van der Waals surface area contributed by atoms with E-state index >= 15 is 0 Å². The van der Waals surface area contributed by atoms with Gasteiger partial charge in [0.05, 0.1) is 12.0 Å². The highest BCUT2D eigenvalue weighted by Crippen LogP contribution is 2.08. The third-order valence-corrected chi connectivity index (χ3v) is 2.54. The molecule has 1 atom stereocenters. The van der Waals surface area contributed by atoms with Gasteiger partial charge < -0.3 is 14.2 Å². The Hall–Kier alpha value is -2.90. The second-order valence-electron chi connectivity index (χ2n) is 4.03. The molecule has 0 spiro atoms. The predicted molar refractivity (Wildman–Crippen MR) is 65.8 cm³/mol. The Morgan fingerprint density at radius 1 is 1.14 bits per heavy atom. The van der Waals surface area contributed by atoms with Gasteiger partial charge in [-0.15, -0.1) is 0 Å². The van der Waals surface area contributed by atoms with Gasteiger partial charge in [0.25, 0.3) is 5.91 Å². The Bertz CT molecular complexity index is 569. The Labute approximate surface area is 119 Å². The first-order chi connectivity index (χ1) is 10.1. The summed E-state index contributed by atoms with van der Waals surface area (Å²) >= 11 is 0. The van der Waals surface area contributed by atoms with Crippen molar-refractivity contribution in [1.29, 1.82) is 0 Å². The first-order valence-corrected chi connectivity index (χ1v) is 5.95. The van der Waals surface area contributed by atoms with Crippen molar-refractivity contribution in [2.45, 2.75) is 12.5 Å². The summed E-state index contributed by atoms with van der Waals surface area (Å²) in [6.45, 7) is -0.658. The molecule has 0 aromatic heterocycles. The monoisotopic (exact) mass is 293 g/mol. The second-order valence-corrected chi connectivity index (χ2v) is 4.03. The third-order valence-electron chi connectivity index (χ3n) is 2.54. The van der Waals surface area contributed by atoms with Gasteiger partial charge in [0, 0.05) is 0 Å². The quantitative estimate of drug-likeness (QED) is 0.485. The smallest absolute Gasteiger partial charge is 0.424 e. The lowest BCUT2D eigenvalue weighted by Crippen LogP contribution is -2.29. The molecule has 0 aliphatic carbocycles. The van der Waals surface area contributed by atoms with Crippen molar-refractivity contribution >= 4 is 23.9 Å². The highest BCUT2D eigenvalue weighted by Gasteiger charge is 2.34. The van der Waals surface area contributed by atoms with Gasteiger partial charge in [0.15, 0.2) is 6.10 Å². The molecule has 1 saturated heterocycles. The topological polar surface area (TPSA) is 108 Å². The van der Waals surface area contributed by atoms with Crippen LogP contribution in [0.1, 0.15) is 16.8 Å². The number of carbonyl (C=O) groups is 4. The summed E-state index contributed by atoms with van der Waals surface area (Å²) in [5, 5.41) is 1.97. The highest BCUT2D eigenvalue weighted by molar-refractivity contribution is 6.05. The van der Waals surface area contributed by atoms with Crippen LogP contribution in [0.4, 0.5) is 4.79 Å². The maximum atomic E-state index is 11.5. The van der Waals surface area contributed by atoms with Crippen LogP contribution in [0.25, 0.3) is 0 Å². The van der Waals surface area contributed by atoms with E-state index in [1.165, 1.54) is 12.1 Å². The molecule has 0 saturated carbocycles. The van der Waals surface area contributed by atoms with Crippen molar-refractivity contribution in [3.05, 3.63) is 35.9 Å². The van der Waals surface area contributed by atoms with Crippen molar-refractivity contribution in [3.8, 4) is 0 Å². The van der Waals surface area contributed by atoms with Gasteiger partial charge in [-0.3, -0.25) is 14.9 Å². The average molecular weight is 293 g/mol. The van der Waals surface area contributed by atoms with Crippen LogP contribution < -0.4 is 5.32 Å². The molecule has 1 aliphatic heterocycles. The zero-order valence-corrected chi connectivity index (χ0v) is 10.7. The van der Waals surface area contributed by atoms with Gasteiger partial charge in [0.2, 0.25) is 12.7 Å². The van der Waals surface area contributed by atoms with E-state index in [1.807, 2.05) is 5.32 Å². The van der Waals surface area contributed by atoms with Gasteiger partial charge in [0.1, 0.15) is 0 Å². The molecule has 1 aliphatic rings. The Kier molecular flexibility index (Phi) is 4.50. The molecule has 1 N–H and O–H groups in total. The van der Waals surface area contributed by atoms with Crippen molar-refractivity contribution in [1.82, 2.24) is 5.32 Å². The molecule has 1 aromatic rings. The molecular weight excluding hydrogens is 282 g/mol. The SMILES string of the molecule is O=C1CC(OC(=O)OCOC(=O)c2ccccc2)C(=O)N1. The molecule has 1 aromatic carbocycles. The molecule has 2 rings (SSSR count). The number of nitrogens with one attached hydrogen (secondary N) is 1. The lowest BCUT2D eigenvalue weighted by Gasteiger charge is -2.09. The molecule has 2 amide bonds. The summed E-state index contributed by atoms with van der Waals surface area (Å²) in [5.74, 6) is -1.91. The molecule has 1 heterocycles. The van der Waals surface area contributed by atoms with Crippen LogP contribution in [0.15, 0.2) is 30.3 Å². The van der Waals surface area contributed by atoms with Crippen LogP contribution in [-0.4, -0.2) is 36.8 Å². The number of imide groups is 1. The van der Waals surface area contributed by atoms with Gasteiger partial charge in [-0.1, -0.05) is 18.2 Å². The maximum absolute atomic E-state index is 11.5. The van der Waals surface area contributed by atoms with Crippen molar-refractivity contribution in [3.63, 3.8) is 0 Å². The molecule has 110 valence electrons. The van der Waals surface area contributed by atoms with Gasteiger partial charge in [-0.2, -0.15) is 0 Å². The van der Waals surface area contributed by atoms with Crippen molar-refractivity contribution in [2.24, 2.45) is 0 Å². The lowest BCUT2D eigenvalue weighted by atomic mass is 10.2. The minimum Gasteiger partial charge on any atom is -0.424 e. The van der Waals surface area contributed by atoms with E-state index in [1.54, 1.807) is 18.2 Å². The molecule has 8 heteroatoms. The summed E-state index contributed by atoms with van der Waals surface area (Å²) < 4.78 is 13.8. The van der Waals surface area contributed by atoms with Crippen LogP contribution >= 0.6 is 0 Å². The van der Waals surface area contributed by atoms with Crippen LogP contribution in [-0.2, 0) is 23.8 Å². The largest absolute Gasteiger partial charge is 0.511 e. The van der Waals surface area contributed by atoms with E-state index in [4.69, 9.17) is 0 Å². The fraction of sp³-hybridized carbons (Fsp3) is 0.231. The molecular formula is C13H11NO7. The number of amides is 2. The lowest BCUT2D eigenvalue weighted by molar-refractivity contribution is -0.129. The molecule has 1 unspecified atom stereocenters. The van der Waals surface area contributed by atoms with Crippen LogP contribution in [0.3, 0.4) is 0 Å². The Balaban J connectivity index is 1.71. The minimum atomic E-state index is -1.21. The van der Waals surface area contributed by atoms with Gasteiger partial charge in [-0.25, -0.2) is 9.59 Å². The minimum absolute atomic E-state index is 0.252. The average Bonchev–Trinajstić information content (AvgIpc) is 2.77. The maximum Gasteiger partial charge on any atom is 0.511 e. The van der Waals surface area contributed by atoms with E-state index < -0.39 is 36.8 Å². The molecule has 0 radical (unpaired) electrons. The Morgan fingerprint density at radius 3 is 2.48 bits per heavy atom. The van der Waals surface area contributed by atoms with E-state index in [2.05, 4.69) is 14.2 Å². The molecule has 0 bridgehead atoms. The zero-order chi connectivity index (χ0) is 15.2. The van der Waals surface area contributed by atoms with E-state index in [0.29, 0.717) is 5.56 Å². The van der Waals surface area contributed by atoms with Crippen LogP contribution in [0, 0.1) is 0 Å². The number of esters is 1. The third kappa shape index (κ3) is 4.03. The first kappa shape index (κ1) is 14.5. The molecule has 1 fully saturated rings. The highest BCUT2D eigenvalue weighted by atomic mass is 16.8. The summed E-state index contributed by atoms with van der Waals surface area (Å²) in [7, 11) is 0. The number of hydrogen-bond acceptors (Lipinski definition) is 7. The van der Waals surface area contributed by atoms with E-state index in [-0.39, 0.29) is 6.42 Å². The number of benzene rings is 1.